The number of methoxy groups -OCH3 is 1. The maximum absolute atomic E-state index is 13.8. The SMILES string of the molecule is CCCCCN1C(=O)/C(=C/c2c(N3CCNC(=O)[C@H]3CC(=O)OC)nc3c(C)cccn3c2=O)SC1=S. The number of nitrogens with zero attached hydrogens (tertiary/aromatic N) is 4. The first-order valence-electron chi connectivity index (χ1n) is 12.1. The molecule has 2 saturated heterocycles. The van der Waals surface area contributed by atoms with Crippen molar-refractivity contribution >= 4 is 63.6 Å². The van der Waals surface area contributed by atoms with Gasteiger partial charge in [-0.15, -0.1) is 0 Å². The molecule has 10 nitrogen and oxygen atoms in total. The molecule has 0 spiro atoms. The monoisotopic (exact) mass is 543 g/mol. The average Bonchev–Trinajstić information content (AvgIpc) is 3.14. The fourth-order valence-corrected chi connectivity index (χ4v) is 5.69. The minimum Gasteiger partial charge on any atom is -0.469 e. The second-order valence-electron chi connectivity index (χ2n) is 8.86. The number of fused-ring (bicyclic) bond motifs is 1. The molecular formula is C25H29N5O5S2. The normalized spacial score (nSPS) is 19.2. The number of amides is 2. The quantitative estimate of drug-likeness (QED) is 0.232. The highest BCUT2D eigenvalue weighted by atomic mass is 32.2. The van der Waals surface area contributed by atoms with Crippen molar-refractivity contribution in [1.82, 2.24) is 19.6 Å². The molecule has 2 aromatic heterocycles. The van der Waals surface area contributed by atoms with Gasteiger partial charge in [-0.2, -0.15) is 0 Å². The van der Waals surface area contributed by atoms with E-state index in [-0.39, 0.29) is 35.2 Å². The Balaban J connectivity index is 1.85. The van der Waals surface area contributed by atoms with Gasteiger partial charge in [-0.25, -0.2) is 4.98 Å². The highest BCUT2D eigenvalue weighted by Gasteiger charge is 2.36. The van der Waals surface area contributed by atoms with E-state index in [1.165, 1.54) is 17.6 Å². The summed E-state index contributed by atoms with van der Waals surface area (Å²) in [6.07, 6.45) is 5.75. The van der Waals surface area contributed by atoms with E-state index in [0.717, 1.165) is 36.6 Å². The van der Waals surface area contributed by atoms with Crippen LogP contribution in [0, 0.1) is 6.92 Å². The summed E-state index contributed by atoms with van der Waals surface area (Å²) in [5.74, 6) is -0.945. The number of thiocarbonyl (C=S) groups is 1. The molecule has 0 saturated carbocycles. The Morgan fingerprint density at radius 1 is 1.32 bits per heavy atom. The van der Waals surface area contributed by atoms with Crippen LogP contribution in [0.15, 0.2) is 28.0 Å². The Labute approximate surface area is 224 Å². The van der Waals surface area contributed by atoms with Crippen LogP contribution in [-0.2, 0) is 19.1 Å². The fourth-order valence-electron chi connectivity index (χ4n) is 4.40. The number of anilines is 1. The molecule has 0 aliphatic carbocycles. The second kappa shape index (κ2) is 11.4. The molecule has 0 bridgehead atoms. The van der Waals surface area contributed by atoms with E-state index in [2.05, 4.69) is 12.2 Å². The van der Waals surface area contributed by atoms with Crippen LogP contribution in [0.4, 0.5) is 5.82 Å². The molecule has 2 fully saturated rings. The molecule has 2 amide bonds. The third kappa shape index (κ3) is 5.40. The van der Waals surface area contributed by atoms with Crippen LogP contribution in [0.5, 0.6) is 0 Å². The van der Waals surface area contributed by atoms with Gasteiger partial charge in [0.2, 0.25) is 5.91 Å². The summed E-state index contributed by atoms with van der Waals surface area (Å²) in [6, 6.07) is 2.66. The Bertz CT molecular complexity index is 1350. The number of thioether (sulfide) groups is 1. The molecule has 4 heterocycles. The Morgan fingerprint density at radius 3 is 2.84 bits per heavy atom. The fraction of sp³-hybridized carbons (Fsp3) is 0.440. The number of carbonyl (C=O) groups excluding carboxylic acids is 3. The van der Waals surface area contributed by atoms with Crippen LogP contribution in [0.3, 0.4) is 0 Å². The van der Waals surface area contributed by atoms with E-state index >= 15 is 0 Å². The maximum atomic E-state index is 13.8. The highest BCUT2D eigenvalue weighted by molar-refractivity contribution is 8.26. The van der Waals surface area contributed by atoms with Crippen LogP contribution < -0.4 is 15.8 Å². The summed E-state index contributed by atoms with van der Waals surface area (Å²) in [6.45, 7) is 5.07. The summed E-state index contributed by atoms with van der Waals surface area (Å²) in [5.41, 5.74) is 0.958. The summed E-state index contributed by atoms with van der Waals surface area (Å²) < 4.78 is 6.67. The number of aromatic nitrogens is 2. The highest BCUT2D eigenvalue weighted by Crippen LogP contribution is 2.34. The van der Waals surface area contributed by atoms with Crippen molar-refractivity contribution in [2.75, 3.05) is 31.6 Å². The molecule has 12 heteroatoms. The number of pyridine rings is 1. The molecule has 2 aliphatic heterocycles. The summed E-state index contributed by atoms with van der Waals surface area (Å²) in [4.78, 5) is 60.2. The minimum atomic E-state index is -0.921. The number of aryl methyl sites for hydroxylation is 1. The first-order valence-corrected chi connectivity index (χ1v) is 13.4. The molecule has 0 unspecified atom stereocenters. The number of hydrogen-bond acceptors (Lipinski definition) is 9. The molecule has 4 rings (SSSR count). The van der Waals surface area contributed by atoms with Gasteiger partial charge in [0.05, 0.1) is 24.0 Å². The van der Waals surface area contributed by atoms with E-state index in [9.17, 15) is 19.2 Å². The molecule has 1 atom stereocenters. The predicted octanol–water partition coefficient (Wildman–Crippen LogP) is 2.26. The number of ether oxygens (including phenoxy) is 1. The standard InChI is InChI=1S/C25H29N5O5S2/c1-4-5-6-10-30-24(34)18(37-25(30)36)13-16-21(27-20-15(2)8-7-11-29(20)23(16)33)28-12-9-26-22(32)17(28)14-19(31)35-3/h7-8,11,13,17H,4-6,9-10,12,14H2,1-3H3,(H,26,32)/b18-13-/t17-/m1/s1. The summed E-state index contributed by atoms with van der Waals surface area (Å²) in [7, 11) is 1.26. The van der Waals surface area contributed by atoms with Crippen molar-refractivity contribution in [1.29, 1.82) is 0 Å². The predicted molar refractivity (Wildman–Crippen MR) is 146 cm³/mol. The molecule has 0 radical (unpaired) electrons. The lowest BCUT2D eigenvalue weighted by Gasteiger charge is -2.36. The van der Waals surface area contributed by atoms with Gasteiger partial charge < -0.3 is 15.0 Å². The van der Waals surface area contributed by atoms with Crippen LogP contribution in [0.1, 0.15) is 43.7 Å². The van der Waals surface area contributed by atoms with Gasteiger partial charge in [0.1, 0.15) is 21.8 Å². The lowest BCUT2D eigenvalue weighted by atomic mass is 10.1. The number of rotatable bonds is 8. The third-order valence-corrected chi connectivity index (χ3v) is 7.77. The number of nitrogens with one attached hydrogen (secondary N) is 1. The van der Waals surface area contributed by atoms with Crippen LogP contribution in [0.2, 0.25) is 0 Å². The third-order valence-electron chi connectivity index (χ3n) is 6.39. The number of carbonyl (C=O) groups is 3. The van der Waals surface area contributed by atoms with Crippen molar-refractivity contribution in [3.8, 4) is 0 Å². The zero-order valence-corrected chi connectivity index (χ0v) is 22.6. The van der Waals surface area contributed by atoms with Crippen molar-refractivity contribution in [2.45, 2.75) is 45.6 Å². The molecule has 0 aromatic carbocycles. The van der Waals surface area contributed by atoms with Gasteiger partial charge in [-0.3, -0.25) is 28.5 Å². The van der Waals surface area contributed by atoms with E-state index in [1.807, 2.05) is 13.0 Å². The molecular weight excluding hydrogens is 514 g/mol. The van der Waals surface area contributed by atoms with Gasteiger partial charge in [-0.1, -0.05) is 49.8 Å². The van der Waals surface area contributed by atoms with Crippen molar-refractivity contribution in [3.63, 3.8) is 0 Å². The smallest absolute Gasteiger partial charge is 0.308 e. The van der Waals surface area contributed by atoms with E-state index in [1.54, 1.807) is 22.1 Å². The second-order valence-corrected chi connectivity index (χ2v) is 10.5. The van der Waals surface area contributed by atoms with E-state index in [0.29, 0.717) is 34.5 Å². The van der Waals surface area contributed by atoms with Gasteiger partial charge >= 0.3 is 5.97 Å². The molecule has 1 N–H and O–H groups in total. The van der Waals surface area contributed by atoms with Crippen molar-refractivity contribution in [2.24, 2.45) is 0 Å². The van der Waals surface area contributed by atoms with E-state index in [4.69, 9.17) is 21.9 Å². The Hall–Kier alpha value is -3.25. The molecule has 2 aliphatic rings. The zero-order chi connectivity index (χ0) is 26.7. The first kappa shape index (κ1) is 26.8. The lowest BCUT2D eigenvalue weighted by molar-refractivity contribution is -0.143. The molecule has 2 aromatic rings. The molecule has 37 heavy (non-hydrogen) atoms. The number of hydrogen-bond donors (Lipinski definition) is 1. The van der Waals surface area contributed by atoms with Crippen molar-refractivity contribution < 1.29 is 19.1 Å². The van der Waals surface area contributed by atoms with Gasteiger partial charge in [0.25, 0.3) is 11.5 Å². The number of esters is 1. The largest absolute Gasteiger partial charge is 0.469 e. The average molecular weight is 544 g/mol. The van der Waals surface area contributed by atoms with Gasteiger partial charge in [-0.05, 0) is 31.1 Å². The molecule has 196 valence electrons. The van der Waals surface area contributed by atoms with Crippen LogP contribution in [-0.4, -0.2) is 69.2 Å². The Kier molecular flexibility index (Phi) is 8.28. The summed E-state index contributed by atoms with van der Waals surface area (Å²) in [5, 5.41) is 2.76. The summed E-state index contributed by atoms with van der Waals surface area (Å²) >= 11 is 6.60. The minimum absolute atomic E-state index is 0.154. The first-order chi connectivity index (χ1) is 17.8. The van der Waals surface area contributed by atoms with Crippen LogP contribution in [0.25, 0.3) is 11.7 Å². The number of unbranched alkanes of at least 4 members (excludes halogenated alkanes) is 2. The van der Waals surface area contributed by atoms with Gasteiger partial charge in [0, 0.05) is 25.8 Å². The van der Waals surface area contributed by atoms with Crippen molar-refractivity contribution in [3.05, 3.63) is 44.7 Å². The zero-order valence-electron chi connectivity index (χ0n) is 21.0. The van der Waals surface area contributed by atoms with Crippen LogP contribution >= 0.6 is 24.0 Å². The van der Waals surface area contributed by atoms with E-state index < -0.39 is 12.0 Å². The lowest BCUT2D eigenvalue weighted by Crippen LogP contribution is -2.57. The number of piperazine rings is 1. The topological polar surface area (TPSA) is 113 Å². The van der Waals surface area contributed by atoms with Gasteiger partial charge in [0.15, 0.2) is 0 Å². The Morgan fingerprint density at radius 2 is 2.11 bits per heavy atom. The maximum Gasteiger partial charge on any atom is 0.308 e.